The molecule has 1 nitrogen and oxygen atoms in total. The predicted octanol–water partition coefficient (Wildman–Crippen LogP) is 3.81. The molecular formula is C12H13F3OSi. The maximum atomic E-state index is 12.1. The van der Waals surface area contributed by atoms with Crippen LogP contribution in [0.4, 0.5) is 13.2 Å². The van der Waals surface area contributed by atoms with Gasteiger partial charge in [0.1, 0.15) is 13.8 Å². The van der Waals surface area contributed by atoms with Crippen LogP contribution in [0.3, 0.4) is 0 Å². The average Bonchev–Trinajstić information content (AvgIpc) is 2.12. The van der Waals surface area contributed by atoms with Crippen molar-refractivity contribution in [1.29, 1.82) is 0 Å². The summed E-state index contributed by atoms with van der Waals surface area (Å²) in [5.41, 5.74) is 3.28. The topological polar surface area (TPSA) is 9.23 Å². The van der Waals surface area contributed by atoms with Crippen molar-refractivity contribution < 1.29 is 17.9 Å². The average molecular weight is 258 g/mol. The molecule has 0 unspecified atom stereocenters. The molecule has 0 radical (unpaired) electrons. The summed E-state index contributed by atoms with van der Waals surface area (Å²) >= 11 is 0. The molecule has 1 rings (SSSR count). The summed E-state index contributed by atoms with van der Waals surface area (Å²) < 4.78 is 40.3. The number of para-hydroxylation sites is 1. The molecule has 1 aromatic carbocycles. The van der Waals surface area contributed by atoms with E-state index in [9.17, 15) is 13.2 Å². The Morgan fingerprint density at radius 2 is 1.71 bits per heavy atom. The number of hydrogen-bond acceptors (Lipinski definition) is 1. The van der Waals surface area contributed by atoms with Gasteiger partial charge >= 0.3 is 6.36 Å². The molecule has 0 amide bonds. The highest BCUT2D eigenvalue weighted by Gasteiger charge is 2.31. The highest BCUT2D eigenvalue weighted by atomic mass is 28.3. The van der Waals surface area contributed by atoms with Crippen LogP contribution in [-0.2, 0) is 0 Å². The molecule has 0 fully saturated rings. The van der Waals surface area contributed by atoms with Gasteiger partial charge in [0.2, 0.25) is 0 Å². The highest BCUT2D eigenvalue weighted by Crippen LogP contribution is 2.25. The van der Waals surface area contributed by atoms with Crippen molar-refractivity contribution in [2.75, 3.05) is 0 Å². The van der Waals surface area contributed by atoms with Crippen molar-refractivity contribution in [3.63, 3.8) is 0 Å². The van der Waals surface area contributed by atoms with Crippen LogP contribution in [0.5, 0.6) is 5.75 Å². The highest BCUT2D eigenvalue weighted by molar-refractivity contribution is 6.83. The minimum Gasteiger partial charge on any atom is -0.404 e. The second-order valence-electron chi connectivity index (χ2n) is 4.54. The Morgan fingerprint density at radius 3 is 2.24 bits per heavy atom. The number of hydrogen-bond donors (Lipinski definition) is 0. The molecule has 0 aliphatic heterocycles. The van der Waals surface area contributed by atoms with Crippen molar-refractivity contribution in [2.45, 2.75) is 26.0 Å². The van der Waals surface area contributed by atoms with Crippen molar-refractivity contribution in [2.24, 2.45) is 0 Å². The van der Waals surface area contributed by atoms with Crippen LogP contribution in [-0.4, -0.2) is 14.4 Å². The van der Waals surface area contributed by atoms with Crippen LogP contribution in [0.2, 0.25) is 19.6 Å². The summed E-state index contributed by atoms with van der Waals surface area (Å²) in [6, 6.07) is 5.91. The molecule has 92 valence electrons. The van der Waals surface area contributed by atoms with Gasteiger partial charge in [0.15, 0.2) is 0 Å². The van der Waals surface area contributed by atoms with Gasteiger partial charge in [-0.1, -0.05) is 37.7 Å². The molecule has 0 atom stereocenters. The molecule has 5 heteroatoms. The second kappa shape index (κ2) is 4.84. The summed E-state index contributed by atoms with van der Waals surface area (Å²) in [7, 11) is -1.62. The van der Waals surface area contributed by atoms with Crippen LogP contribution in [0.1, 0.15) is 5.56 Å². The molecule has 1 aromatic rings. The normalized spacial score (nSPS) is 11.6. The molecule has 0 saturated carbocycles. The SMILES string of the molecule is C[Si](C)(C)C#Cc1ccccc1OC(F)(F)F. The van der Waals surface area contributed by atoms with E-state index in [4.69, 9.17) is 0 Å². The lowest BCUT2D eigenvalue weighted by Crippen LogP contribution is -2.18. The molecule has 0 saturated heterocycles. The number of benzene rings is 1. The molecule has 0 heterocycles. The van der Waals surface area contributed by atoms with E-state index < -0.39 is 14.4 Å². The Morgan fingerprint density at radius 1 is 1.12 bits per heavy atom. The molecule has 17 heavy (non-hydrogen) atoms. The Hall–Kier alpha value is -1.41. The van der Waals surface area contributed by atoms with Gasteiger partial charge in [-0.05, 0) is 12.1 Å². The van der Waals surface area contributed by atoms with Gasteiger partial charge in [0.25, 0.3) is 0 Å². The van der Waals surface area contributed by atoms with Crippen LogP contribution in [0.15, 0.2) is 24.3 Å². The molecular weight excluding hydrogens is 245 g/mol. The first-order chi connectivity index (χ1) is 7.67. The Kier molecular flexibility index (Phi) is 3.89. The van der Waals surface area contributed by atoms with Crippen LogP contribution in [0.25, 0.3) is 0 Å². The number of ether oxygens (including phenoxy) is 1. The molecule has 0 spiro atoms. The molecule has 0 aliphatic rings. The van der Waals surface area contributed by atoms with Gasteiger partial charge in [0.05, 0.1) is 5.56 Å². The first kappa shape index (κ1) is 13.7. The Labute approximate surface area is 99.6 Å². The fourth-order valence-corrected chi connectivity index (χ4v) is 1.55. The minimum atomic E-state index is -4.68. The zero-order valence-electron chi connectivity index (χ0n) is 9.85. The fourth-order valence-electron chi connectivity index (χ4n) is 1.04. The van der Waals surface area contributed by atoms with E-state index in [0.717, 1.165) is 0 Å². The van der Waals surface area contributed by atoms with Gasteiger partial charge in [-0.15, -0.1) is 18.7 Å². The third kappa shape index (κ3) is 5.45. The lowest BCUT2D eigenvalue weighted by molar-refractivity contribution is -0.274. The largest absolute Gasteiger partial charge is 0.573 e. The van der Waals surface area contributed by atoms with Crippen molar-refractivity contribution >= 4 is 8.07 Å². The smallest absolute Gasteiger partial charge is 0.404 e. The summed E-state index contributed by atoms with van der Waals surface area (Å²) in [4.78, 5) is 0. The third-order valence-electron chi connectivity index (χ3n) is 1.68. The van der Waals surface area contributed by atoms with Crippen LogP contribution in [0, 0.1) is 11.5 Å². The number of halogens is 3. The van der Waals surface area contributed by atoms with Crippen molar-refractivity contribution in [3.05, 3.63) is 29.8 Å². The zero-order chi connectivity index (χ0) is 13.1. The minimum absolute atomic E-state index is 0.245. The van der Waals surface area contributed by atoms with Gasteiger partial charge in [0, 0.05) is 0 Å². The molecule has 0 N–H and O–H groups in total. The first-order valence-electron chi connectivity index (χ1n) is 5.05. The maximum absolute atomic E-state index is 12.1. The van der Waals surface area contributed by atoms with Crippen LogP contribution < -0.4 is 4.74 Å². The van der Waals surface area contributed by atoms with E-state index in [1.54, 1.807) is 6.07 Å². The van der Waals surface area contributed by atoms with E-state index in [1.165, 1.54) is 18.2 Å². The van der Waals surface area contributed by atoms with Gasteiger partial charge in [-0.25, -0.2) is 0 Å². The number of alkyl halides is 3. The Balaban J connectivity index is 3.04. The monoisotopic (exact) mass is 258 g/mol. The van der Waals surface area contributed by atoms with E-state index in [0.29, 0.717) is 0 Å². The van der Waals surface area contributed by atoms with E-state index in [-0.39, 0.29) is 11.3 Å². The van der Waals surface area contributed by atoms with Gasteiger partial charge in [-0.3, -0.25) is 0 Å². The quantitative estimate of drug-likeness (QED) is 0.549. The Bertz CT molecular complexity index is 449. The van der Waals surface area contributed by atoms with E-state index in [2.05, 4.69) is 16.2 Å². The van der Waals surface area contributed by atoms with Crippen molar-refractivity contribution in [1.82, 2.24) is 0 Å². The van der Waals surface area contributed by atoms with Crippen molar-refractivity contribution in [3.8, 4) is 17.2 Å². The van der Waals surface area contributed by atoms with E-state index in [1.807, 2.05) is 19.6 Å². The number of rotatable bonds is 1. The summed E-state index contributed by atoms with van der Waals surface area (Å²) in [5.74, 6) is 2.52. The van der Waals surface area contributed by atoms with Crippen LogP contribution >= 0.6 is 0 Å². The maximum Gasteiger partial charge on any atom is 0.573 e. The first-order valence-corrected chi connectivity index (χ1v) is 8.55. The summed E-state index contributed by atoms with van der Waals surface area (Å²) in [6.07, 6.45) is -4.68. The second-order valence-corrected chi connectivity index (χ2v) is 9.29. The lowest BCUT2D eigenvalue weighted by atomic mass is 10.2. The zero-order valence-corrected chi connectivity index (χ0v) is 10.9. The fraction of sp³-hybridized carbons (Fsp3) is 0.333. The van der Waals surface area contributed by atoms with E-state index >= 15 is 0 Å². The molecule has 0 bridgehead atoms. The predicted molar refractivity (Wildman–Crippen MR) is 63.3 cm³/mol. The lowest BCUT2D eigenvalue weighted by Gasteiger charge is -2.10. The molecule has 0 aromatic heterocycles. The summed E-state index contributed by atoms with van der Waals surface area (Å²) in [6.45, 7) is 6.06. The third-order valence-corrected chi connectivity index (χ3v) is 2.56. The van der Waals surface area contributed by atoms with Gasteiger partial charge in [-0.2, -0.15) is 0 Å². The summed E-state index contributed by atoms with van der Waals surface area (Å²) in [5, 5.41) is 0. The van der Waals surface area contributed by atoms with Gasteiger partial charge < -0.3 is 4.74 Å². The molecule has 0 aliphatic carbocycles. The standard InChI is InChI=1S/C12H13F3OSi/c1-17(2,3)9-8-10-6-4-5-7-11(10)16-12(13,14)15/h4-7H,1-3H3.